The van der Waals surface area contributed by atoms with Gasteiger partial charge in [-0.2, -0.15) is 4.98 Å². The van der Waals surface area contributed by atoms with E-state index >= 15 is 0 Å². The Balaban J connectivity index is 1.64. The van der Waals surface area contributed by atoms with Crippen molar-refractivity contribution in [3.05, 3.63) is 47.7 Å². The smallest absolute Gasteiger partial charge is 0.255 e. The lowest BCUT2D eigenvalue weighted by Crippen LogP contribution is -2.31. The Morgan fingerprint density at radius 1 is 1.36 bits per heavy atom. The summed E-state index contributed by atoms with van der Waals surface area (Å²) in [4.78, 5) is 26.6. The van der Waals surface area contributed by atoms with E-state index in [1.807, 2.05) is 19.9 Å². The van der Waals surface area contributed by atoms with Crippen molar-refractivity contribution < 1.29 is 9.53 Å². The fourth-order valence-electron chi connectivity index (χ4n) is 2.59. The molecule has 22 heavy (non-hydrogen) atoms. The van der Waals surface area contributed by atoms with E-state index in [4.69, 9.17) is 4.74 Å². The molecule has 1 saturated heterocycles. The van der Waals surface area contributed by atoms with Crippen molar-refractivity contribution in [3.8, 4) is 5.88 Å². The van der Waals surface area contributed by atoms with Crippen LogP contribution in [0.15, 0.2) is 30.6 Å². The van der Waals surface area contributed by atoms with E-state index in [1.165, 1.54) is 0 Å². The summed E-state index contributed by atoms with van der Waals surface area (Å²) in [6.45, 7) is 5.00. The molecule has 2 aromatic rings. The monoisotopic (exact) mass is 298 g/mol. The maximum Gasteiger partial charge on any atom is 0.255 e. The van der Waals surface area contributed by atoms with Crippen LogP contribution in [0.25, 0.3) is 0 Å². The molecule has 0 saturated carbocycles. The topological polar surface area (TPSA) is 68.2 Å². The van der Waals surface area contributed by atoms with Crippen LogP contribution in [-0.4, -0.2) is 45.0 Å². The van der Waals surface area contributed by atoms with Crippen LogP contribution in [0.1, 0.15) is 28.3 Å². The first-order valence-corrected chi connectivity index (χ1v) is 7.30. The van der Waals surface area contributed by atoms with Crippen molar-refractivity contribution in [1.82, 2.24) is 19.9 Å². The predicted octanol–water partition coefficient (Wildman–Crippen LogP) is 1.78. The summed E-state index contributed by atoms with van der Waals surface area (Å²) in [5.74, 6) is 1.26. The quantitative estimate of drug-likeness (QED) is 0.864. The molecule has 0 bridgehead atoms. The van der Waals surface area contributed by atoms with E-state index in [0.29, 0.717) is 30.4 Å². The van der Waals surface area contributed by atoms with Crippen LogP contribution in [0.4, 0.5) is 0 Å². The van der Waals surface area contributed by atoms with E-state index < -0.39 is 0 Å². The zero-order chi connectivity index (χ0) is 15.5. The number of aryl methyl sites for hydroxylation is 2. The van der Waals surface area contributed by atoms with Crippen molar-refractivity contribution in [3.63, 3.8) is 0 Å². The van der Waals surface area contributed by atoms with Crippen molar-refractivity contribution in [1.29, 1.82) is 0 Å². The molecule has 1 fully saturated rings. The van der Waals surface area contributed by atoms with Crippen LogP contribution < -0.4 is 4.74 Å². The summed E-state index contributed by atoms with van der Waals surface area (Å²) >= 11 is 0. The Kier molecular flexibility index (Phi) is 4.00. The summed E-state index contributed by atoms with van der Waals surface area (Å²) < 4.78 is 5.89. The van der Waals surface area contributed by atoms with Gasteiger partial charge in [0.25, 0.3) is 5.91 Å². The molecule has 0 aromatic carbocycles. The molecule has 0 aliphatic carbocycles. The van der Waals surface area contributed by atoms with Crippen LogP contribution in [-0.2, 0) is 0 Å². The number of hydrogen-bond donors (Lipinski definition) is 0. The average molecular weight is 298 g/mol. The van der Waals surface area contributed by atoms with Gasteiger partial charge in [0.05, 0.1) is 12.1 Å². The largest absolute Gasteiger partial charge is 0.472 e. The normalized spacial score (nSPS) is 17.5. The molecule has 1 aliphatic heterocycles. The fourth-order valence-corrected chi connectivity index (χ4v) is 2.59. The lowest BCUT2D eigenvalue weighted by molar-refractivity contribution is 0.0770. The molecule has 1 aliphatic rings. The van der Waals surface area contributed by atoms with Crippen molar-refractivity contribution in [2.45, 2.75) is 26.4 Å². The minimum Gasteiger partial charge on any atom is -0.472 e. The third-order valence-electron chi connectivity index (χ3n) is 3.57. The number of likely N-dealkylation sites (tertiary alicyclic amines) is 1. The number of pyridine rings is 1. The fraction of sp³-hybridized carbons (Fsp3) is 0.375. The molecule has 0 spiro atoms. The second kappa shape index (κ2) is 6.09. The minimum absolute atomic E-state index is 0.00533. The summed E-state index contributed by atoms with van der Waals surface area (Å²) in [5.41, 5.74) is 1.49. The van der Waals surface area contributed by atoms with Gasteiger partial charge in [0, 0.05) is 37.1 Å². The maximum absolute atomic E-state index is 12.4. The lowest BCUT2D eigenvalue weighted by Gasteiger charge is -2.17. The molecule has 3 heterocycles. The highest BCUT2D eigenvalue weighted by Gasteiger charge is 2.28. The summed E-state index contributed by atoms with van der Waals surface area (Å²) in [6, 6.07) is 5.36. The molecular weight excluding hydrogens is 280 g/mol. The van der Waals surface area contributed by atoms with Gasteiger partial charge in [0.2, 0.25) is 5.88 Å². The minimum atomic E-state index is -0.0330. The first-order chi connectivity index (χ1) is 10.6. The standard InChI is InChI=1S/C16H18N4O2/c1-11-8-15(19-12(2)18-11)22-14-5-7-20(10-14)16(21)13-4-3-6-17-9-13/h3-4,6,8-9,14H,5,7,10H2,1-2H3. The van der Waals surface area contributed by atoms with Crippen LogP contribution in [0, 0.1) is 13.8 Å². The summed E-state index contributed by atoms with van der Waals surface area (Å²) in [6.07, 6.45) is 4.02. The molecular formula is C16H18N4O2. The number of hydrogen-bond acceptors (Lipinski definition) is 5. The molecule has 0 N–H and O–H groups in total. The summed E-state index contributed by atoms with van der Waals surface area (Å²) in [5, 5.41) is 0. The molecule has 2 aromatic heterocycles. The number of carbonyl (C=O) groups is 1. The van der Waals surface area contributed by atoms with Gasteiger partial charge in [0.15, 0.2) is 0 Å². The van der Waals surface area contributed by atoms with E-state index in [2.05, 4.69) is 15.0 Å². The number of rotatable bonds is 3. The lowest BCUT2D eigenvalue weighted by atomic mass is 10.2. The third kappa shape index (κ3) is 3.21. The molecule has 1 amide bonds. The number of aromatic nitrogens is 3. The Morgan fingerprint density at radius 3 is 2.95 bits per heavy atom. The van der Waals surface area contributed by atoms with Crippen LogP contribution in [0.3, 0.4) is 0 Å². The highest BCUT2D eigenvalue weighted by Crippen LogP contribution is 2.19. The molecule has 3 rings (SSSR count). The van der Waals surface area contributed by atoms with Gasteiger partial charge in [-0.15, -0.1) is 0 Å². The molecule has 0 radical (unpaired) electrons. The van der Waals surface area contributed by atoms with Gasteiger partial charge in [-0.3, -0.25) is 9.78 Å². The third-order valence-corrected chi connectivity index (χ3v) is 3.57. The highest BCUT2D eigenvalue weighted by molar-refractivity contribution is 5.94. The summed E-state index contributed by atoms with van der Waals surface area (Å²) in [7, 11) is 0. The average Bonchev–Trinajstić information content (AvgIpc) is 2.95. The van der Waals surface area contributed by atoms with Crippen molar-refractivity contribution in [2.75, 3.05) is 13.1 Å². The van der Waals surface area contributed by atoms with Crippen molar-refractivity contribution >= 4 is 5.91 Å². The second-order valence-electron chi connectivity index (χ2n) is 5.42. The first kappa shape index (κ1) is 14.4. The zero-order valence-corrected chi connectivity index (χ0v) is 12.7. The Morgan fingerprint density at radius 2 is 2.23 bits per heavy atom. The van der Waals surface area contributed by atoms with Gasteiger partial charge in [-0.05, 0) is 26.0 Å². The SMILES string of the molecule is Cc1cc(OC2CCN(C(=O)c3cccnc3)C2)nc(C)n1. The Hall–Kier alpha value is -2.50. The van der Waals surface area contributed by atoms with E-state index in [0.717, 1.165) is 12.1 Å². The zero-order valence-electron chi connectivity index (χ0n) is 12.7. The Bertz CT molecular complexity index is 655. The van der Waals surface area contributed by atoms with Crippen molar-refractivity contribution in [2.24, 2.45) is 0 Å². The van der Waals surface area contributed by atoms with Gasteiger partial charge in [-0.25, -0.2) is 4.98 Å². The molecule has 1 atom stereocenters. The second-order valence-corrected chi connectivity index (χ2v) is 5.42. The van der Waals surface area contributed by atoms with E-state index in [-0.39, 0.29) is 12.0 Å². The van der Waals surface area contributed by atoms with Crippen LogP contribution in [0.5, 0.6) is 5.88 Å². The van der Waals surface area contributed by atoms with Gasteiger partial charge in [-0.1, -0.05) is 0 Å². The van der Waals surface area contributed by atoms with E-state index in [1.54, 1.807) is 29.4 Å². The van der Waals surface area contributed by atoms with Crippen LogP contribution in [0.2, 0.25) is 0 Å². The van der Waals surface area contributed by atoms with Crippen LogP contribution >= 0.6 is 0 Å². The number of carbonyl (C=O) groups excluding carboxylic acids is 1. The highest BCUT2D eigenvalue weighted by atomic mass is 16.5. The van der Waals surface area contributed by atoms with Gasteiger partial charge < -0.3 is 9.64 Å². The number of nitrogens with zero attached hydrogens (tertiary/aromatic N) is 4. The van der Waals surface area contributed by atoms with Gasteiger partial charge >= 0.3 is 0 Å². The molecule has 6 nitrogen and oxygen atoms in total. The number of ether oxygens (including phenoxy) is 1. The predicted molar refractivity (Wildman–Crippen MR) is 80.7 cm³/mol. The number of amides is 1. The molecule has 1 unspecified atom stereocenters. The molecule has 6 heteroatoms. The molecule has 114 valence electrons. The first-order valence-electron chi connectivity index (χ1n) is 7.30. The Labute approximate surface area is 129 Å². The maximum atomic E-state index is 12.4. The van der Waals surface area contributed by atoms with Gasteiger partial charge in [0.1, 0.15) is 11.9 Å². The van der Waals surface area contributed by atoms with E-state index in [9.17, 15) is 4.79 Å².